The summed E-state index contributed by atoms with van der Waals surface area (Å²) in [6.45, 7) is 2.39. The van der Waals surface area contributed by atoms with Crippen LogP contribution in [0, 0.1) is 6.92 Å². The molecule has 0 bridgehead atoms. The van der Waals surface area contributed by atoms with Gasteiger partial charge in [-0.05, 0) is 30.7 Å². The predicted molar refractivity (Wildman–Crippen MR) is 89.5 cm³/mol. The van der Waals surface area contributed by atoms with Crippen LogP contribution in [0.5, 0.6) is 5.75 Å². The zero-order chi connectivity index (χ0) is 16.1. The first-order valence-electron chi connectivity index (χ1n) is 6.83. The first-order valence-corrected chi connectivity index (χ1v) is 7.47. The van der Waals surface area contributed by atoms with Gasteiger partial charge in [-0.25, -0.2) is 0 Å². The molecule has 0 aliphatic heterocycles. The highest BCUT2D eigenvalue weighted by atomic mass is 32.1. The van der Waals surface area contributed by atoms with Crippen LogP contribution in [-0.2, 0) is 0 Å². The van der Waals surface area contributed by atoms with E-state index in [0.29, 0.717) is 29.3 Å². The van der Waals surface area contributed by atoms with Gasteiger partial charge in [-0.15, -0.1) is 0 Å². The maximum absolute atomic E-state index is 12.2. The van der Waals surface area contributed by atoms with Gasteiger partial charge in [-0.3, -0.25) is 14.2 Å². The topological polar surface area (TPSA) is 60.3 Å². The van der Waals surface area contributed by atoms with Crippen LogP contribution in [0.25, 0.3) is 5.69 Å². The molecular weight excluding hydrogens is 300 g/mol. The lowest BCUT2D eigenvalue weighted by Crippen LogP contribution is -2.27. The number of nitrogens with one attached hydrogen (secondary N) is 1. The zero-order valence-corrected chi connectivity index (χ0v) is 13.4. The molecule has 0 spiro atoms. The van der Waals surface area contributed by atoms with Gasteiger partial charge in [0, 0.05) is 24.6 Å². The summed E-state index contributed by atoms with van der Waals surface area (Å²) in [5, 5.41) is 2.72. The highest BCUT2D eigenvalue weighted by Crippen LogP contribution is 2.22. The van der Waals surface area contributed by atoms with Crippen LogP contribution < -0.4 is 15.6 Å². The first-order chi connectivity index (χ1) is 10.6. The Kier molecular flexibility index (Phi) is 5.27. The number of hydrogen-bond donors (Lipinski definition) is 2. The standard InChI is InChI=1S/C16H18N2O3S/c1-11-3-5-14(21-2)13(9-11)18-10-12(4-6-15(18)19)16(20)17-7-8-22/h3-6,9-10,22H,7-8H2,1-2H3,(H,17,20). The quantitative estimate of drug-likeness (QED) is 0.827. The van der Waals surface area contributed by atoms with Crippen molar-refractivity contribution in [3.63, 3.8) is 0 Å². The minimum atomic E-state index is -0.241. The van der Waals surface area contributed by atoms with Gasteiger partial charge < -0.3 is 10.1 Å². The van der Waals surface area contributed by atoms with E-state index in [4.69, 9.17) is 4.74 Å². The van der Waals surface area contributed by atoms with Crippen LogP contribution in [0.1, 0.15) is 15.9 Å². The van der Waals surface area contributed by atoms with E-state index in [0.717, 1.165) is 5.56 Å². The molecule has 2 rings (SSSR count). The van der Waals surface area contributed by atoms with Crippen LogP contribution >= 0.6 is 12.6 Å². The molecule has 116 valence electrons. The second-order valence-electron chi connectivity index (χ2n) is 4.78. The summed E-state index contributed by atoms with van der Waals surface area (Å²) >= 11 is 4.05. The van der Waals surface area contributed by atoms with Crippen LogP contribution in [0.3, 0.4) is 0 Å². The normalized spacial score (nSPS) is 10.3. The lowest BCUT2D eigenvalue weighted by molar-refractivity contribution is 0.0955. The third-order valence-electron chi connectivity index (χ3n) is 3.16. The number of hydrogen-bond acceptors (Lipinski definition) is 4. The van der Waals surface area contributed by atoms with Gasteiger partial charge >= 0.3 is 0 Å². The Morgan fingerprint density at radius 3 is 2.77 bits per heavy atom. The van der Waals surface area contributed by atoms with Gasteiger partial charge in [0.05, 0.1) is 18.4 Å². The highest BCUT2D eigenvalue weighted by molar-refractivity contribution is 7.80. The van der Waals surface area contributed by atoms with Crippen LogP contribution in [-0.4, -0.2) is 29.9 Å². The van der Waals surface area contributed by atoms with Crippen molar-refractivity contribution in [3.8, 4) is 11.4 Å². The molecule has 0 radical (unpaired) electrons. The molecule has 0 unspecified atom stereocenters. The molecule has 1 amide bonds. The summed E-state index contributed by atoms with van der Waals surface area (Å²) in [6.07, 6.45) is 1.52. The number of aromatic nitrogens is 1. The Morgan fingerprint density at radius 2 is 2.09 bits per heavy atom. The van der Waals surface area contributed by atoms with Crippen molar-refractivity contribution in [1.82, 2.24) is 9.88 Å². The van der Waals surface area contributed by atoms with Crippen molar-refractivity contribution in [3.05, 3.63) is 58.0 Å². The number of methoxy groups -OCH3 is 1. The minimum absolute atomic E-state index is 0.227. The fourth-order valence-corrected chi connectivity index (χ4v) is 2.18. The van der Waals surface area contributed by atoms with Crippen molar-refractivity contribution >= 4 is 18.5 Å². The number of thiol groups is 1. The molecule has 0 saturated carbocycles. The summed E-state index contributed by atoms with van der Waals surface area (Å²) in [5.41, 5.74) is 1.78. The first kappa shape index (κ1) is 16.2. The molecule has 1 aromatic carbocycles. The van der Waals surface area contributed by atoms with Gasteiger partial charge in [0.15, 0.2) is 0 Å². The number of nitrogens with zero attached hydrogens (tertiary/aromatic N) is 1. The summed E-state index contributed by atoms with van der Waals surface area (Å²) < 4.78 is 6.72. The van der Waals surface area contributed by atoms with E-state index >= 15 is 0 Å². The van der Waals surface area contributed by atoms with E-state index in [1.807, 2.05) is 19.1 Å². The molecule has 22 heavy (non-hydrogen) atoms. The fraction of sp³-hybridized carbons (Fsp3) is 0.250. The predicted octanol–water partition coefficient (Wildman–Crippen LogP) is 1.81. The Morgan fingerprint density at radius 1 is 1.32 bits per heavy atom. The maximum Gasteiger partial charge on any atom is 0.255 e. The Balaban J connectivity index is 2.49. The molecule has 1 N–H and O–H groups in total. The summed E-state index contributed by atoms with van der Waals surface area (Å²) in [6, 6.07) is 8.42. The van der Waals surface area contributed by atoms with Crippen molar-refractivity contribution in [2.75, 3.05) is 19.4 Å². The number of benzene rings is 1. The fourth-order valence-electron chi connectivity index (χ4n) is 2.07. The molecule has 0 fully saturated rings. The number of aryl methyl sites for hydroxylation is 1. The molecule has 1 aromatic heterocycles. The van der Waals surface area contributed by atoms with Gasteiger partial charge in [0.2, 0.25) is 0 Å². The van der Waals surface area contributed by atoms with Gasteiger partial charge in [0.25, 0.3) is 11.5 Å². The second kappa shape index (κ2) is 7.17. The average molecular weight is 318 g/mol. The Bertz CT molecular complexity index is 740. The van der Waals surface area contributed by atoms with E-state index in [-0.39, 0.29) is 11.5 Å². The molecule has 0 saturated heterocycles. The summed E-state index contributed by atoms with van der Waals surface area (Å²) in [5.74, 6) is 0.881. The molecular formula is C16H18N2O3S. The second-order valence-corrected chi connectivity index (χ2v) is 5.23. The summed E-state index contributed by atoms with van der Waals surface area (Å²) in [4.78, 5) is 24.2. The van der Waals surface area contributed by atoms with E-state index in [1.165, 1.54) is 22.9 Å². The van der Waals surface area contributed by atoms with Crippen LogP contribution in [0.4, 0.5) is 0 Å². The van der Waals surface area contributed by atoms with E-state index in [9.17, 15) is 9.59 Å². The van der Waals surface area contributed by atoms with Crippen molar-refractivity contribution in [1.29, 1.82) is 0 Å². The molecule has 0 aliphatic carbocycles. The molecule has 1 heterocycles. The van der Waals surface area contributed by atoms with E-state index in [1.54, 1.807) is 13.2 Å². The highest BCUT2D eigenvalue weighted by Gasteiger charge is 2.11. The average Bonchev–Trinajstić information content (AvgIpc) is 2.53. The number of pyridine rings is 1. The third-order valence-corrected chi connectivity index (χ3v) is 3.39. The summed E-state index contributed by atoms with van der Waals surface area (Å²) in [7, 11) is 1.54. The number of carbonyl (C=O) groups excluding carboxylic acids is 1. The van der Waals surface area contributed by atoms with Crippen LogP contribution in [0.15, 0.2) is 41.3 Å². The number of rotatable bonds is 5. The largest absolute Gasteiger partial charge is 0.495 e. The minimum Gasteiger partial charge on any atom is -0.495 e. The molecule has 0 atom stereocenters. The number of carbonyl (C=O) groups is 1. The van der Waals surface area contributed by atoms with Crippen LogP contribution in [0.2, 0.25) is 0 Å². The maximum atomic E-state index is 12.2. The lowest BCUT2D eigenvalue weighted by Gasteiger charge is -2.13. The molecule has 0 aliphatic rings. The Labute approximate surface area is 134 Å². The van der Waals surface area contributed by atoms with E-state index in [2.05, 4.69) is 17.9 Å². The zero-order valence-electron chi connectivity index (χ0n) is 12.5. The van der Waals surface area contributed by atoms with Gasteiger partial charge in [0.1, 0.15) is 5.75 Å². The number of amides is 1. The van der Waals surface area contributed by atoms with Crippen molar-refractivity contribution in [2.24, 2.45) is 0 Å². The molecule has 6 heteroatoms. The van der Waals surface area contributed by atoms with Gasteiger partial charge in [-0.1, -0.05) is 6.07 Å². The monoisotopic (exact) mass is 318 g/mol. The van der Waals surface area contributed by atoms with Crippen molar-refractivity contribution < 1.29 is 9.53 Å². The third kappa shape index (κ3) is 3.51. The molecule has 2 aromatic rings. The van der Waals surface area contributed by atoms with Gasteiger partial charge in [-0.2, -0.15) is 12.6 Å². The van der Waals surface area contributed by atoms with Crippen molar-refractivity contribution in [2.45, 2.75) is 6.92 Å². The number of ether oxygens (including phenoxy) is 1. The smallest absolute Gasteiger partial charge is 0.255 e. The Hall–Kier alpha value is -2.21. The molecule has 5 nitrogen and oxygen atoms in total. The SMILES string of the molecule is COc1ccc(C)cc1-n1cc(C(=O)NCCS)ccc1=O. The van der Waals surface area contributed by atoms with E-state index < -0.39 is 0 Å². The lowest BCUT2D eigenvalue weighted by atomic mass is 10.2.